The van der Waals surface area contributed by atoms with E-state index in [1.165, 1.54) is 16.8 Å². The zero-order chi connectivity index (χ0) is 28.9. The van der Waals surface area contributed by atoms with Crippen molar-refractivity contribution >= 4 is 33.0 Å². The van der Waals surface area contributed by atoms with Crippen LogP contribution >= 0.6 is 0 Å². The molecule has 1 aromatic heterocycles. The highest BCUT2D eigenvalue weighted by molar-refractivity contribution is 7.91. The molecule has 1 saturated carbocycles. The van der Waals surface area contributed by atoms with Gasteiger partial charge in [0.1, 0.15) is 0 Å². The Morgan fingerprint density at radius 2 is 1.71 bits per heavy atom. The molecule has 0 radical (unpaired) electrons. The van der Waals surface area contributed by atoms with Gasteiger partial charge in [-0.15, -0.1) is 0 Å². The van der Waals surface area contributed by atoms with Crippen molar-refractivity contribution in [2.75, 3.05) is 41.3 Å². The van der Waals surface area contributed by atoms with Crippen molar-refractivity contribution in [1.82, 2.24) is 9.71 Å². The van der Waals surface area contributed by atoms with Gasteiger partial charge >= 0.3 is 0 Å². The van der Waals surface area contributed by atoms with E-state index >= 15 is 0 Å². The molecule has 3 aliphatic rings. The molecule has 2 N–H and O–H groups in total. The maximum absolute atomic E-state index is 12.8. The minimum Gasteiger partial charge on any atom is -0.378 e. The van der Waals surface area contributed by atoms with E-state index in [-0.39, 0.29) is 11.5 Å². The summed E-state index contributed by atoms with van der Waals surface area (Å²) >= 11 is 0. The van der Waals surface area contributed by atoms with Gasteiger partial charge in [0.25, 0.3) is 5.91 Å². The van der Waals surface area contributed by atoms with Crippen molar-refractivity contribution in [3.63, 3.8) is 0 Å². The van der Waals surface area contributed by atoms with Gasteiger partial charge in [0, 0.05) is 49.3 Å². The highest BCUT2D eigenvalue weighted by Crippen LogP contribution is 2.44. The molecule has 8 nitrogen and oxygen atoms in total. The zero-order valence-corrected chi connectivity index (χ0v) is 25.1. The quantitative estimate of drug-likeness (QED) is 0.425. The molecule has 2 aliphatic heterocycles. The average molecular weight is 574 g/mol. The van der Waals surface area contributed by atoms with E-state index in [0.29, 0.717) is 18.4 Å². The minimum atomic E-state index is -3.59. The van der Waals surface area contributed by atoms with Gasteiger partial charge in [0.05, 0.1) is 23.2 Å². The Balaban J connectivity index is 1.16. The topological polar surface area (TPSA) is 94.6 Å². The summed E-state index contributed by atoms with van der Waals surface area (Å²) in [6.07, 6.45) is 5.95. The number of hydrogen-bond donors (Lipinski definition) is 2. The molecule has 41 heavy (non-hydrogen) atoms. The van der Waals surface area contributed by atoms with Crippen molar-refractivity contribution in [1.29, 1.82) is 0 Å². The van der Waals surface area contributed by atoms with Crippen molar-refractivity contribution in [3.05, 3.63) is 82.7 Å². The predicted octanol–water partition coefficient (Wildman–Crippen LogP) is 5.08. The number of hydrogen-bond acceptors (Lipinski definition) is 7. The van der Waals surface area contributed by atoms with Crippen LogP contribution in [0.1, 0.15) is 71.8 Å². The molecule has 216 valence electrons. The number of aryl methyl sites for hydroxylation is 2. The first-order valence-corrected chi connectivity index (χ1v) is 16.0. The fourth-order valence-corrected chi connectivity index (χ4v) is 7.56. The van der Waals surface area contributed by atoms with Crippen molar-refractivity contribution in [2.45, 2.75) is 63.7 Å². The highest BCUT2D eigenvalue weighted by atomic mass is 32.2. The molecule has 6 rings (SSSR count). The van der Waals surface area contributed by atoms with Crippen LogP contribution in [0, 0.1) is 13.8 Å². The second kappa shape index (κ2) is 10.4. The molecule has 1 unspecified atom stereocenters. The number of rotatable bonds is 6. The van der Waals surface area contributed by atoms with Crippen LogP contribution in [0.2, 0.25) is 0 Å². The van der Waals surface area contributed by atoms with Gasteiger partial charge in [0.15, 0.2) is 0 Å². The van der Waals surface area contributed by atoms with E-state index in [2.05, 4.69) is 76.8 Å². The molecule has 0 spiro atoms. The van der Waals surface area contributed by atoms with Gasteiger partial charge in [-0.25, -0.2) is 13.1 Å². The lowest BCUT2D eigenvalue weighted by atomic mass is 9.74. The monoisotopic (exact) mass is 573 g/mol. The van der Waals surface area contributed by atoms with Crippen LogP contribution in [0.15, 0.2) is 54.9 Å². The Kier molecular flexibility index (Phi) is 6.96. The van der Waals surface area contributed by atoms with Crippen molar-refractivity contribution in [3.8, 4) is 0 Å². The third kappa shape index (κ3) is 5.64. The number of piperazine rings is 1. The molecule has 1 aliphatic carbocycles. The van der Waals surface area contributed by atoms with E-state index in [0.717, 1.165) is 55.1 Å². The van der Waals surface area contributed by atoms with Gasteiger partial charge in [-0.3, -0.25) is 9.78 Å². The van der Waals surface area contributed by atoms with Gasteiger partial charge in [-0.05, 0) is 85.5 Å². The van der Waals surface area contributed by atoms with Crippen LogP contribution in [0.5, 0.6) is 0 Å². The molecule has 1 amide bonds. The molecule has 1 saturated heterocycles. The number of amides is 1. The average Bonchev–Trinajstić information content (AvgIpc) is 3.79. The van der Waals surface area contributed by atoms with Crippen LogP contribution < -0.4 is 19.8 Å². The summed E-state index contributed by atoms with van der Waals surface area (Å²) in [7, 11) is -3.59. The van der Waals surface area contributed by atoms with Crippen molar-refractivity contribution < 1.29 is 13.2 Å². The first-order chi connectivity index (χ1) is 19.5. The minimum absolute atomic E-state index is 0.0661. The molecule has 2 aromatic carbocycles. The summed E-state index contributed by atoms with van der Waals surface area (Å²) < 4.78 is 26.8. The molecule has 2 fully saturated rings. The molecule has 3 aromatic rings. The maximum Gasteiger partial charge on any atom is 0.264 e. The lowest BCUT2D eigenvalue weighted by Crippen LogP contribution is -2.46. The summed E-state index contributed by atoms with van der Waals surface area (Å²) in [6, 6.07) is 14.4. The van der Waals surface area contributed by atoms with Crippen LogP contribution in [0.3, 0.4) is 0 Å². The van der Waals surface area contributed by atoms with E-state index in [1.54, 1.807) is 6.07 Å². The number of nitrogens with one attached hydrogen (secondary N) is 2. The largest absolute Gasteiger partial charge is 0.378 e. The van der Waals surface area contributed by atoms with Crippen LogP contribution in [0.4, 0.5) is 17.1 Å². The third-order valence-electron chi connectivity index (χ3n) is 8.74. The maximum atomic E-state index is 12.8. The number of sulfonamides is 1. The molecule has 0 bridgehead atoms. The fourth-order valence-electron chi connectivity index (χ4n) is 6.26. The molecule has 1 atom stereocenters. The Hall–Kier alpha value is -3.59. The second-order valence-corrected chi connectivity index (χ2v) is 14.4. The number of nitrogens with zero attached hydrogens (tertiary/aromatic N) is 3. The molecular weight excluding hydrogens is 534 g/mol. The number of carbonyl (C=O) groups is 1. The second-order valence-electron chi connectivity index (χ2n) is 12.5. The first kappa shape index (κ1) is 27.6. The first-order valence-electron chi connectivity index (χ1n) is 14.5. The zero-order valence-electron chi connectivity index (χ0n) is 24.3. The number of pyridine rings is 1. The van der Waals surface area contributed by atoms with Crippen molar-refractivity contribution in [2.24, 2.45) is 0 Å². The number of anilines is 3. The summed E-state index contributed by atoms with van der Waals surface area (Å²) in [6.45, 7) is 12.5. The predicted molar refractivity (Wildman–Crippen MR) is 164 cm³/mol. The third-order valence-corrected chi connectivity index (χ3v) is 10.6. The van der Waals surface area contributed by atoms with E-state index < -0.39 is 21.2 Å². The van der Waals surface area contributed by atoms with Gasteiger partial charge in [-0.2, -0.15) is 0 Å². The lowest BCUT2D eigenvalue weighted by molar-refractivity contribution is 0.0981. The van der Waals surface area contributed by atoms with Gasteiger partial charge in [-0.1, -0.05) is 31.5 Å². The normalized spacial score (nSPS) is 20.2. The Bertz CT molecular complexity index is 1590. The highest BCUT2D eigenvalue weighted by Gasteiger charge is 2.38. The number of benzene rings is 2. The summed E-state index contributed by atoms with van der Waals surface area (Å²) in [5, 5.41) is 3.23. The Morgan fingerprint density at radius 1 is 0.976 bits per heavy atom. The SMILES string of the molecule is Cc1ccc(N2CCN(c3cncc(C4CC(C)(C)c5cc(C(=O)NS(=O)(=O)C6CC6)ccc5N4)c3)CC2)c(C)c1. The van der Waals surface area contributed by atoms with E-state index in [4.69, 9.17) is 0 Å². The summed E-state index contributed by atoms with van der Waals surface area (Å²) in [5.74, 6) is -0.563. The number of carbonyl (C=O) groups excluding carboxylic acids is 1. The standard InChI is InChI=1S/C32H39N5O3S/c1-21-5-10-30(22(2)15-21)37-13-11-36(12-14-37)25-16-24(19-33-20-25)29-18-32(3,4)27-17-23(6-9-28(27)34-29)31(38)35-41(39,40)26-7-8-26/h5-6,9-10,15-17,19-20,26,29,34H,7-8,11-14,18H2,1-4H3,(H,35,38). The number of aromatic nitrogens is 1. The molecule has 3 heterocycles. The van der Waals surface area contributed by atoms with Crippen LogP contribution in [-0.4, -0.2) is 50.7 Å². The number of fused-ring (bicyclic) bond motifs is 1. The lowest BCUT2D eigenvalue weighted by Gasteiger charge is -2.40. The van der Waals surface area contributed by atoms with Crippen LogP contribution in [0.25, 0.3) is 0 Å². The summed E-state index contributed by atoms with van der Waals surface area (Å²) in [4.78, 5) is 22.3. The Labute approximate surface area is 243 Å². The smallest absolute Gasteiger partial charge is 0.264 e. The van der Waals surface area contributed by atoms with Gasteiger partial charge < -0.3 is 15.1 Å². The van der Waals surface area contributed by atoms with E-state index in [9.17, 15) is 13.2 Å². The van der Waals surface area contributed by atoms with E-state index in [1.807, 2.05) is 24.5 Å². The Morgan fingerprint density at radius 3 is 2.41 bits per heavy atom. The molecule has 9 heteroatoms. The van der Waals surface area contributed by atoms with Crippen LogP contribution in [-0.2, 0) is 15.4 Å². The summed E-state index contributed by atoms with van der Waals surface area (Å²) in [5.41, 5.74) is 8.31. The fraction of sp³-hybridized carbons (Fsp3) is 0.438. The molecular formula is C32H39N5O3S. The van der Waals surface area contributed by atoms with Gasteiger partial charge in [0.2, 0.25) is 10.0 Å².